The Bertz CT molecular complexity index is 730. The summed E-state index contributed by atoms with van der Waals surface area (Å²) in [6, 6.07) is 8.91. The fraction of sp³-hybridized carbons (Fsp3) is 0.708. The molecule has 2 atom stereocenters. The van der Waals surface area contributed by atoms with E-state index in [0.29, 0.717) is 38.4 Å². The highest BCUT2D eigenvalue weighted by molar-refractivity contribution is 5.80. The monoisotopic (exact) mass is 414 g/mol. The highest BCUT2D eigenvalue weighted by Gasteiger charge is 2.36. The van der Waals surface area contributed by atoms with E-state index in [1.165, 1.54) is 5.56 Å². The van der Waals surface area contributed by atoms with Crippen LogP contribution in [0.25, 0.3) is 0 Å². The minimum atomic E-state index is 0.0196. The highest BCUT2D eigenvalue weighted by Crippen LogP contribution is 2.38. The lowest BCUT2D eigenvalue weighted by Gasteiger charge is -2.42. The Kier molecular flexibility index (Phi) is 6.25. The van der Waals surface area contributed by atoms with Crippen LogP contribution in [-0.4, -0.2) is 68.5 Å². The summed E-state index contributed by atoms with van der Waals surface area (Å²) in [7, 11) is 0. The standard InChI is InChI=1S/C24H34N2O4/c27-24(18-14-28-15-18)25-21-5-3-11-26-12-13-29-23-6-2-1-4-20(23)17-7-9-19(10-8-17)30-16-22(21)26/h1-2,4,6,17-19,21-22H,3,5,7-16H2,(H,25,27)/t17?,19?,21-,22?/m0/s1. The number of hydrogen-bond donors (Lipinski definition) is 1. The Balaban J connectivity index is 1.32. The van der Waals surface area contributed by atoms with Crippen LogP contribution in [0.4, 0.5) is 0 Å². The molecule has 1 aromatic rings. The van der Waals surface area contributed by atoms with Crippen LogP contribution in [0.1, 0.15) is 50.0 Å². The minimum Gasteiger partial charge on any atom is -0.492 e. The number of carbonyl (C=O) groups excluding carboxylic acids is 1. The van der Waals surface area contributed by atoms with E-state index in [9.17, 15) is 4.79 Å². The maximum atomic E-state index is 12.6. The van der Waals surface area contributed by atoms with E-state index in [1.807, 2.05) is 0 Å². The predicted octanol–water partition coefficient (Wildman–Crippen LogP) is 2.72. The largest absolute Gasteiger partial charge is 0.492 e. The molecule has 164 valence electrons. The van der Waals surface area contributed by atoms with E-state index in [-0.39, 0.29) is 23.9 Å². The van der Waals surface area contributed by atoms with Crippen molar-refractivity contribution in [2.24, 2.45) is 5.92 Å². The maximum Gasteiger partial charge on any atom is 0.228 e. The van der Waals surface area contributed by atoms with E-state index >= 15 is 0 Å². The summed E-state index contributed by atoms with van der Waals surface area (Å²) in [6.45, 7) is 4.36. The molecule has 1 aliphatic carbocycles. The minimum absolute atomic E-state index is 0.0196. The molecule has 0 aromatic heterocycles. The first kappa shape index (κ1) is 20.3. The quantitative estimate of drug-likeness (QED) is 0.806. The van der Waals surface area contributed by atoms with Gasteiger partial charge in [-0.05, 0) is 62.6 Å². The molecule has 3 fully saturated rings. The van der Waals surface area contributed by atoms with Gasteiger partial charge in [-0.2, -0.15) is 0 Å². The van der Waals surface area contributed by atoms with Gasteiger partial charge >= 0.3 is 0 Å². The van der Waals surface area contributed by atoms with Crippen LogP contribution in [0, 0.1) is 5.92 Å². The summed E-state index contributed by atoms with van der Waals surface area (Å²) in [5.74, 6) is 1.78. The van der Waals surface area contributed by atoms with Crippen LogP contribution in [0.15, 0.2) is 24.3 Å². The van der Waals surface area contributed by atoms with Crippen molar-refractivity contribution in [2.45, 2.75) is 62.6 Å². The Labute approximate surface area is 179 Å². The summed E-state index contributed by atoms with van der Waals surface area (Å²) in [5.41, 5.74) is 1.36. The Hall–Kier alpha value is -1.63. The van der Waals surface area contributed by atoms with E-state index in [0.717, 1.165) is 57.4 Å². The lowest BCUT2D eigenvalue weighted by molar-refractivity contribution is -0.141. The normalized spacial score (nSPS) is 32.9. The van der Waals surface area contributed by atoms with Gasteiger partial charge < -0.3 is 19.5 Å². The molecule has 6 rings (SSSR count). The third-order valence-electron chi connectivity index (χ3n) is 7.40. The van der Waals surface area contributed by atoms with Crippen LogP contribution in [0.3, 0.4) is 0 Å². The van der Waals surface area contributed by atoms with Gasteiger partial charge in [-0.15, -0.1) is 0 Å². The SMILES string of the molecule is O=C(N[C@H]1CCCN2CCOc3ccccc3C3CCC(CC3)OCC12)C1COC1. The number of amides is 1. The van der Waals surface area contributed by atoms with Crippen LogP contribution >= 0.6 is 0 Å². The Morgan fingerprint density at radius 3 is 2.63 bits per heavy atom. The first-order valence-electron chi connectivity index (χ1n) is 11.7. The maximum absolute atomic E-state index is 12.6. The fourth-order valence-electron chi connectivity index (χ4n) is 5.48. The van der Waals surface area contributed by atoms with Gasteiger partial charge in [0.05, 0.1) is 37.9 Å². The molecule has 1 N–H and O–H groups in total. The zero-order valence-corrected chi connectivity index (χ0v) is 17.8. The molecule has 2 bridgehead atoms. The van der Waals surface area contributed by atoms with Crippen molar-refractivity contribution in [2.75, 3.05) is 39.5 Å². The first-order chi connectivity index (χ1) is 14.8. The van der Waals surface area contributed by atoms with Gasteiger partial charge in [0.15, 0.2) is 0 Å². The molecule has 5 aliphatic rings. The van der Waals surface area contributed by atoms with Gasteiger partial charge in [-0.25, -0.2) is 0 Å². The molecule has 1 aromatic carbocycles. The molecular weight excluding hydrogens is 380 g/mol. The summed E-state index contributed by atoms with van der Waals surface area (Å²) in [6.07, 6.45) is 6.94. The zero-order chi connectivity index (χ0) is 20.3. The van der Waals surface area contributed by atoms with E-state index in [4.69, 9.17) is 14.2 Å². The Morgan fingerprint density at radius 1 is 1.00 bits per heavy atom. The lowest BCUT2D eigenvalue weighted by atomic mass is 9.82. The molecule has 30 heavy (non-hydrogen) atoms. The molecular formula is C24H34N2O4. The van der Waals surface area contributed by atoms with Crippen molar-refractivity contribution in [3.05, 3.63) is 29.8 Å². The molecule has 6 nitrogen and oxygen atoms in total. The van der Waals surface area contributed by atoms with Gasteiger partial charge in [0.25, 0.3) is 0 Å². The summed E-state index contributed by atoms with van der Waals surface area (Å²) in [5, 5.41) is 3.32. The number of ether oxygens (including phenoxy) is 3. The molecule has 1 saturated carbocycles. The second-order valence-corrected chi connectivity index (χ2v) is 9.29. The molecule has 1 unspecified atom stereocenters. The number of para-hydroxylation sites is 1. The fourth-order valence-corrected chi connectivity index (χ4v) is 5.48. The average Bonchev–Trinajstić information content (AvgIpc) is 2.74. The van der Waals surface area contributed by atoms with Crippen molar-refractivity contribution >= 4 is 5.91 Å². The second kappa shape index (κ2) is 9.25. The summed E-state index contributed by atoms with van der Waals surface area (Å²) in [4.78, 5) is 15.1. The summed E-state index contributed by atoms with van der Waals surface area (Å²) >= 11 is 0. The Morgan fingerprint density at radius 2 is 1.83 bits per heavy atom. The number of benzene rings is 1. The van der Waals surface area contributed by atoms with Crippen molar-refractivity contribution < 1.29 is 19.0 Å². The third-order valence-corrected chi connectivity index (χ3v) is 7.40. The number of rotatable bonds is 2. The molecule has 6 heteroatoms. The van der Waals surface area contributed by atoms with Gasteiger partial charge in [-0.1, -0.05) is 18.2 Å². The molecule has 4 heterocycles. The van der Waals surface area contributed by atoms with E-state index in [1.54, 1.807) is 0 Å². The summed E-state index contributed by atoms with van der Waals surface area (Å²) < 4.78 is 18.0. The zero-order valence-electron chi connectivity index (χ0n) is 17.8. The molecule has 2 saturated heterocycles. The number of carbonyl (C=O) groups is 1. The van der Waals surface area contributed by atoms with Gasteiger partial charge in [0.1, 0.15) is 12.4 Å². The van der Waals surface area contributed by atoms with Gasteiger partial charge in [0.2, 0.25) is 5.91 Å². The number of nitrogens with one attached hydrogen (secondary N) is 1. The van der Waals surface area contributed by atoms with Crippen molar-refractivity contribution in [3.8, 4) is 5.75 Å². The van der Waals surface area contributed by atoms with Crippen LogP contribution < -0.4 is 10.1 Å². The second-order valence-electron chi connectivity index (χ2n) is 9.29. The van der Waals surface area contributed by atoms with Crippen molar-refractivity contribution in [3.63, 3.8) is 0 Å². The molecule has 1 amide bonds. The van der Waals surface area contributed by atoms with Crippen LogP contribution in [0.5, 0.6) is 5.75 Å². The molecule has 0 spiro atoms. The third kappa shape index (κ3) is 4.36. The highest BCUT2D eigenvalue weighted by atomic mass is 16.5. The smallest absolute Gasteiger partial charge is 0.228 e. The number of nitrogens with zero attached hydrogens (tertiary/aromatic N) is 1. The molecule has 4 aliphatic heterocycles. The topological polar surface area (TPSA) is 60.0 Å². The average molecular weight is 415 g/mol. The first-order valence-corrected chi connectivity index (χ1v) is 11.7. The van der Waals surface area contributed by atoms with E-state index < -0.39 is 0 Å². The number of hydrogen-bond acceptors (Lipinski definition) is 5. The van der Waals surface area contributed by atoms with Gasteiger partial charge in [-0.3, -0.25) is 9.69 Å². The van der Waals surface area contributed by atoms with Crippen molar-refractivity contribution in [1.29, 1.82) is 0 Å². The lowest BCUT2D eigenvalue weighted by Crippen LogP contribution is -2.59. The van der Waals surface area contributed by atoms with Crippen LogP contribution in [0.2, 0.25) is 0 Å². The van der Waals surface area contributed by atoms with Crippen molar-refractivity contribution in [1.82, 2.24) is 10.2 Å². The van der Waals surface area contributed by atoms with Crippen LogP contribution in [-0.2, 0) is 14.3 Å². The van der Waals surface area contributed by atoms with Gasteiger partial charge in [0, 0.05) is 12.6 Å². The number of piperidine rings is 1. The van der Waals surface area contributed by atoms with E-state index in [2.05, 4.69) is 34.5 Å². The number of fused-ring (bicyclic) bond motifs is 5. The predicted molar refractivity (Wildman–Crippen MR) is 114 cm³/mol. The molecule has 0 radical (unpaired) electrons.